The smallest absolute Gasteiger partial charge is 0.334 e. The molecule has 26 heavy (non-hydrogen) atoms. The first-order valence-corrected chi connectivity index (χ1v) is 8.45. The summed E-state index contributed by atoms with van der Waals surface area (Å²) in [4.78, 5) is 16.3. The number of methoxy groups -OCH3 is 1. The normalized spacial score (nSPS) is 20.9. The van der Waals surface area contributed by atoms with Crippen molar-refractivity contribution in [1.82, 2.24) is 0 Å². The van der Waals surface area contributed by atoms with Gasteiger partial charge in [0.1, 0.15) is 19.3 Å². The Morgan fingerprint density at radius 2 is 1.81 bits per heavy atom. The number of aliphatic imine (C=N–C) groups is 1. The van der Waals surface area contributed by atoms with Gasteiger partial charge in [-0.15, -0.1) is 0 Å². The lowest BCUT2D eigenvalue weighted by Crippen LogP contribution is -2.28. The van der Waals surface area contributed by atoms with Gasteiger partial charge in [-0.05, 0) is 30.2 Å². The Labute approximate surface area is 151 Å². The lowest BCUT2D eigenvalue weighted by atomic mass is 10.1. The van der Waals surface area contributed by atoms with Crippen LogP contribution < -0.4 is 9.47 Å². The minimum Gasteiger partial charge on any atom is -0.485 e. The number of carbonyl (C=O) groups excluding carboxylic acids is 1. The molecule has 0 saturated carbocycles. The molecule has 0 fully saturated rings. The van der Waals surface area contributed by atoms with Gasteiger partial charge in [0.15, 0.2) is 17.5 Å². The molecule has 0 unspecified atom stereocenters. The summed E-state index contributed by atoms with van der Waals surface area (Å²) in [5.41, 5.74) is 2.83. The van der Waals surface area contributed by atoms with E-state index < -0.39 is 18.1 Å². The van der Waals surface area contributed by atoms with Gasteiger partial charge in [-0.3, -0.25) is 0 Å². The molecule has 0 aliphatic carbocycles. The molecule has 6 nitrogen and oxygen atoms in total. The summed E-state index contributed by atoms with van der Waals surface area (Å²) in [6, 6.07) is 12.9. The summed E-state index contributed by atoms with van der Waals surface area (Å²) in [6.07, 6.45) is -0.400. The third-order valence-electron chi connectivity index (χ3n) is 4.52. The van der Waals surface area contributed by atoms with E-state index in [1.165, 1.54) is 7.11 Å². The van der Waals surface area contributed by atoms with Crippen LogP contribution in [0.1, 0.15) is 23.6 Å². The lowest BCUT2D eigenvalue weighted by Gasteiger charge is -2.21. The van der Waals surface area contributed by atoms with Crippen molar-refractivity contribution in [1.29, 1.82) is 0 Å². The van der Waals surface area contributed by atoms with Gasteiger partial charge in [-0.1, -0.05) is 30.3 Å². The quantitative estimate of drug-likeness (QED) is 0.777. The van der Waals surface area contributed by atoms with E-state index in [1.54, 1.807) is 6.92 Å². The maximum atomic E-state index is 11.9. The molecule has 0 saturated heterocycles. The topological polar surface area (TPSA) is 66.4 Å². The fraction of sp³-hybridized carbons (Fsp3) is 0.300. The van der Waals surface area contributed by atoms with Crippen molar-refractivity contribution in [2.24, 2.45) is 4.99 Å². The highest BCUT2D eigenvalue weighted by Gasteiger charge is 2.36. The zero-order valence-electron chi connectivity index (χ0n) is 14.6. The molecule has 0 spiro atoms. The number of esters is 1. The van der Waals surface area contributed by atoms with E-state index in [0.717, 1.165) is 11.1 Å². The van der Waals surface area contributed by atoms with Gasteiger partial charge < -0.3 is 18.9 Å². The number of ether oxygens (including phenoxy) is 4. The van der Waals surface area contributed by atoms with E-state index in [0.29, 0.717) is 36.2 Å². The number of para-hydroxylation sites is 1. The molecule has 4 rings (SSSR count). The number of nitrogens with zero attached hydrogens (tertiary/aromatic N) is 1. The molecule has 2 aliphatic rings. The minimum atomic E-state index is -0.680. The molecule has 0 amide bonds. The Morgan fingerprint density at radius 3 is 2.54 bits per heavy atom. The SMILES string of the molecule is COC(=O)[C@H]1N=C(c2cccc3c2OCc2ccccc2CO3)O[C@@H]1C. The van der Waals surface area contributed by atoms with Gasteiger partial charge in [-0.25, -0.2) is 9.79 Å². The van der Waals surface area contributed by atoms with Crippen molar-refractivity contribution in [3.05, 3.63) is 59.2 Å². The predicted octanol–water partition coefficient (Wildman–Crippen LogP) is 2.86. The average molecular weight is 353 g/mol. The largest absolute Gasteiger partial charge is 0.485 e. The van der Waals surface area contributed by atoms with Crippen molar-refractivity contribution in [2.45, 2.75) is 32.3 Å². The number of hydrogen-bond acceptors (Lipinski definition) is 6. The Morgan fingerprint density at radius 1 is 1.08 bits per heavy atom. The van der Waals surface area contributed by atoms with E-state index >= 15 is 0 Å². The number of carbonyl (C=O) groups is 1. The number of rotatable bonds is 2. The second-order valence-electron chi connectivity index (χ2n) is 6.20. The van der Waals surface area contributed by atoms with E-state index in [2.05, 4.69) is 4.99 Å². The molecule has 6 heteroatoms. The first-order valence-electron chi connectivity index (χ1n) is 8.45. The Hall–Kier alpha value is -3.02. The van der Waals surface area contributed by atoms with Crippen LogP contribution in [0.25, 0.3) is 0 Å². The summed E-state index contributed by atoms with van der Waals surface area (Å²) < 4.78 is 22.6. The van der Waals surface area contributed by atoms with Crippen LogP contribution in [-0.2, 0) is 27.5 Å². The predicted molar refractivity (Wildman–Crippen MR) is 94.4 cm³/mol. The maximum Gasteiger partial charge on any atom is 0.334 e. The second-order valence-corrected chi connectivity index (χ2v) is 6.20. The van der Waals surface area contributed by atoms with E-state index in [1.807, 2.05) is 42.5 Å². The zero-order chi connectivity index (χ0) is 18.1. The molecule has 2 aromatic rings. The van der Waals surface area contributed by atoms with Crippen LogP contribution >= 0.6 is 0 Å². The van der Waals surface area contributed by atoms with Gasteiger partial charge in [0.25, 0.3) is 0 Å². The minimum absolute atomic E-state index is 0.363. The summed E-state index contributed by atoms with van der Waals surface area (Å²) in [7, 11) is 1.34. The highest BCUT2D eigenvalue weighted by atomic mass is 16.5. The van der Waals surface area contributed by atoms with E-state index in [4.69, 9.17) is 18.9 Å². The first kappa shape index (κ1) is 16.4. The molecule has 134 valence electrons. The summed E-state index contributed by atoms with van der Waals surface area (Å²) in [6.45, 7) is 2.68. The van der Waals surface area contributed by atoms with Gasteiger partial charge in [0.05, 0.1) is 12.7 Å². The van der Waals surface area contributed by atoms with Crippen molar-refractivity contribution >= 4 is 11.9 Å². The summed E-state index contributed by atoms with van der Waals surface area (Å²) in [5, 5.41) is 0. The average Bonchev–Trinajstić information content (AvgIpc) is 3.04. The number of hydrogen-bond donors (Lipinski definition) is 0. The monoisotopic (exact) mass is 353 g/mol. The van der Waals surface area contributed by atoms with Crippen LogP contribution in [0.5, 0.6) is 11.5 Å². The third-order valence-corrected chi connectivity index (χ3v) is 4.52. The Balaban J connectivity index is 1.69. The molecule has 2 aromatic carbocycles. The fourth-order valence-corrected chi connectivity index (χ4v) is 3.09. The molecule has 0 aromatic heterocycles. The molecule has 0 N–H and O–H groups in total. The third kappa shape index (κ3) is 2.87. The Kier molecular flexibility index (Phi) is 4.24. The van der Waals surface area contributed by atoms with Crippen LogP contribution in [0.15, 0.2) is 47.5 Å². The molecular weight excluding hydrogens is 334 g/mol. The highest BCUT2D eigenvalue weighted by Crippen LogP contribution is 2.36. The molecule has 2 aliphatic heterocycles. The summed E-state index contributed by atoms with van der Waals surface area (Å²) in [5.74, 6) is 1.13. The molecule has 2 atom stereocenters. The Bertz CT molecular complexity index is 876. The van der Waals surface area contributed by atoms with Crippen LogP contribution in [0, 0.1) is 0 Å². The van der Waals surface area contributed by atoms with Crippen molar-refractivity contribution in [3.8, 4) is 11.5 Å². The highest BCUT2D eigenvalue weighted by molar-refractivity contribution is 6.00. The van der Waals surface area contributed by atoms with Crippen molar-refractivity contribution in [3.63, 3.8) is 0 Å². The van der Waals surface area contributed by atoms with Crippen molar-refractivity contribution in [2.75, 3.05) is 7.11 Å². The van der Waals surface area contributed by atoms with Gasteiger partial charge in [0.2, 0.25) is 5.90 Å². The second kappa shape index (κ2) is 6.71. The molecule has 2 heterocycles. The maximum absolute atomic E-state index is 11.9. The molecule has 0 radical (unpaired) electrons. The lowest BCUT2D eigenvalue weighted by molar-refractivity contribution is -0.143. The van der Waals surface area contributed by atoms with E-state index in [-0.39, 0.29) is 0 Å². The zero-order valence-corrected chi connectivity index (χ0v) is 14.6. The van der Waals surface area contributed by atoms with Crippen LogP contribution in [0.2, 0.25) is 0 Å². The number of fused-ring (bicyclic) bond motifs is 2. The van der Waals surface area contributed by atoms with Crippen molar-refractivity contribution < 1.29 is 23.7 Å². The van der Waals surface area contributed by atoms with Crippen LogP contribution in [0.3, 0.4) is 0 Å². The fourth-order valence-electron chi connectivity index (χ4n) is 3.09. The van der Waals surface area contributed by atoms with Crippen LogP contribution in [0.4, 0.5) is 0 Å². The standard InChI is InChI=1S/C20H19NO5/c1-12-17(20(22)23-2)21-19(26-12)15-8-5-9-16-18(15)25-11-14-7-4-3-6-13(14)10-24-16/h3-9,12,17H,10-11H2,1-2H3/t12-,17+/m1/s1. The van der Waals surface area contributed by atoms with E-state index in [9.17, 15) is 4.79 Å². The van der Waals surface area contributed by atoms with Gasteiger partial charge in [-0.2, -0.15) is 0 Å². The first-order chi connectivity index (χ1) is 12.7. The molecular formula is C20H19NO5. The van der Waals surface area contributed by atoms with Gasteiger partial charge in [0, 0.05) is 0 Å². The number of benzene rings is 2. The van der Waals surface area contributed by atoms with Gasteiger partial charge >= 0.3 is 5.97 Å². The summed E-state index contributed by atoms with van der Waals surface area (Å²) >= 11 is 0. The van der Waals surface area contributed by atoms with Crippen LogP contribution in [-0.4, -0.2) is 31.1 Å². The molecule has 0 bridgehead atoms.